The Morgan fingerprint density at radius 1 is 1.17 bits per heavy atom. The zero-order valence-electron chi connectivity index (χ0n) is 13.3. The van der Waals surface area contributed by atoms with E-state index in [0.717, 1.165) is 5.56 Å². The molecule has 1 aromatic heterocycles. The number of aliphatic hydroxyl groups excluding tert-OH is 1. The Balaban J connectivity index is 1.95. The van der Waals surface area contributed by atoms with Gasteiger partial charge in [0.25, 0.3) is 0 Å². The molecule has 3 rings (SSSR count). The van der Waals surface area contributed by atoms with Gasteiger partial charge in [0.05, 0.1) is 20.8 Å². The van der Waals surface area contributed by atoms with Crippen LogP contribution in [-0.2, 0) is 6.61 Å². The second-order valence-electron chi connectivity index (χ2n) is 5.28. The Hall–Kier alpha value is -2.47. The number of benzene rings is 1. The first-order chi connectivity index (χ1) is 11.2. The van der Waals surface area contributed by atoms with E-state index in [0.29, 0.717) is 28.7 Å². The largest absolute Gasteiger partial charge is 0.493 e. The molecule has 2 heterocycles. The summed E-state index contributed by atoms with van der Waals surface area (Å²) in [6.07, 6.45) is 1.19. The molecule has 0 radical (unpaired) electrons. The van der Waals surface area contributed by atoms with Gasteiger partial charge in [-0.05, 0) is 30.7 Å². The summed E-state index contributed by atoms with van der Waals surface area (Å²) >= 11 is 0. The molecular formula is C17H19NO5. The molecule has 0 bridgehead atoms. The number of aromatic nitrogens is 1. The van der Waals surface area contributed by atoms with E-state index in [1.54, 1.807) is 38.6 Å². The van der Waals surface area contributed by atoms with Gasteiger partial charge in [0.15, 0.2) is 17.6 Å². The number of hydrogen-bond donors (Lipinski definition) is 1. The van der Waals surface area contributed by atoms with Crippen molar-refractivity contribution in [2.75, 3.05) is 14.2 Å². The summed E-state index contributed by atoms with van der Waals surface area (Å²) in [6, 6.07) is 7.18. The lowest BCUT2D eigenvalue weighted by atomic mass is 10.0. The van der Waals surface area contributed by atoms with Gasteiger partial charge in [0.2, 0.25) is 11.6 Å². The first-order valence-corrected chi connectivity index (χ1v) is 7.31. The molecule has 1 aliphatic heterocycles. The van der Waals surface area contributed by atoms with Crippen LogP contribution in [0.4, 0.5) is 0 Å². The standard InChI is InChI=1S/C17H19NO5/c1-10-16(12-4-5-15(21-3)18-8-12)23-17-13(20-2)6-11(9-19)7-14(17)22-10/h4-8,10,16,19H,9H2,1-3H3/t10-,16+/m0/s1. The zero-order chi connectivity index (χ0) is 16.4. The van der Waals surface area contributed by atoms with Crippen LogP contribution in [0.5, 0.6) is 23.1 Å². The van der Waals surface area contributed by atoms with Gasteiger partial charge in [0.1, 0.15) is 6.10 Å². The Bertz CT molecular complexity index is 686. The maximum absolute atomic E-state index is 9.33. The Morgan fingerprint density at radius 2 is 2.00 bits per heavy atom. The predicted octanol–water partition coefficient (Wildman–Crippen LogP) is 2.49. The summed E-state index contributed by atoms with van der Waals surface area (Å²) in [5.41, 5.74) is 1.60. The molecular weight excluding hydrogens is 298 g/mol. The molecule has 0 spiro atoms. The molecule has 0 saturated carbocycles. The molecule has 6 nitrogen and oxygen atoms in total. The van der Waals surface area contributed by atoms with Crippen LogP contribution in [0.25, 0.3) is 0 Å². The van der Waals surface area contributed by atoms with Gasteiger partial charge >= 0.3 is 0 Å². The molecule has 122 valence electrons. The number of nitrogens with zero attached hydrogens (tertiary/aromatic N) is 1. The first kappa shape index (κ1) is 15.4. The van der Waals surface area contributed by atoms with Crippen molar-refractivity contribution >= 4 is 0 Å². The third-order valence-corrected chi connectivity index (χ3v) is 3.76. The molecule has 6 heteroatoms. The van der Waals surface area contributed by atoms with Crippen LogP contribution in [0.1, 0.15) is 24.2 Å². The molecule has 1 N–H and O–H groups in total. The fraction of sp³-hybridized carbons (Fsp3) is 0.353. The fourth-order valence-corrected chi connectivity index (χ4v) is 2.58. The average molecular weight is 317 g/mol. The lowest BCUT2D eigenvalue weighted by Crippen LogP contribution is -2.31. The fourth-order valence-electron chi connectivity index (χ4n) is 2.58. The van der Waals surface area contributed by atoms with E-state index >= 15 is 0 Å². The van der Waals surface area contributed by atoms with Gasteiger partial charge < -0.3 is 24.1 Å². The number of aliphatic hydroxyl groups is 1. The minimum Gasteiger partial charge on any atom is -0.493 e. The second kappa shape index (κ2) is 6.34. The smallest absolute Gasteiger partial charge is 0.212 e. The predicted molar refractivity (Wildman–Crippen MR) is 83.2 cm³/mol. The molecule has 1 aliphatic rings. The number of ether oxygens (including phenoxy) is 4. The topological polar surface area (TPSA) is 70.0 Å². The summed E-state index contributed by atoms with van der Waals surface area (Å²) in [5.74, 6) is 2.18. The lowest BCUT2D eigenvalue weighted by Gasteiger charge is -2.33. The maximum Gasteiger partial charge on any atom is 0.212 e. The van der Waals surface area contributed by atoms with Crippen LogP contribution >= 0.6 is 0 Å². The summed E-state index contributed by atoms with van der Waals surface area (Å²) in [6.45, 7) is 1.84. The Kier molecular flexibility index (Phi) is 4.25. The van der Waals surface area contributed by atoms with Gasteiger partial charge in [-0.25, -0.2) is 4.98 Å². The molecule has 0 unspecified atom stereocenters. The average Bonchev–Trinajstić information content (AvgIpc) is 2.60. The molecule has 2 aromatic rings. The minimum atomic E-state index is -0.310. The Morgan fingerprint density at radius 3 is 2.61 bits per heavy atom. The highest BCUT2D eigenvalue weighted by atomic mass is 16.6. The van der Waals surface area contributed by atoms with Crippen LogP contribution in [0, 0.1) is 0 Å². The van der Waals surface area contributed by atoms with Gasteiger partial charge in [-0.2, -0.15) is 0 Å². The molecule has 1 aromatic carbocycles. The van der Waals surface area contributed by atoms with Gasteiger partial charge in [-0.1, -0.05) is 0 Å². The van der Waals surface area contributed by atoms with E-state index in [9.17, 15) is 5.11 Å². The molecule has 23 heavy (non-hydrogen) atoms. The number of methoxy groups -OCH3 is 2. The normalized spacial score (nSPS) is 19.3. The van der Waals surface area contributed by atoms with E-state index in [-0.39, 0.29) is 18.8 Å². The van der Waals surface area contributed by atoms with Crippen molar-refractivity contribution < 1.29 is 24.1 Å². The summed E-state index contributed by atoms with van der Waals surface area (Å²) < 4.78 is 22.5. The van der Waals surface area contributed by atoms with Crippen LogP contribution < -0.4 is 18.9 Å². The van der Waals surface area contributed by atoms with E-state index in [2.05, 4.69) is 4.98 Å². The Labute approximate surface area is 134 Å². The third-order valence-electron chi connectivity index (χ3n) is 3.76. The molecule has 0 amide bonds. The van der Waals surface area contributed by atoms with Crippen LogP contribution in [0.3, 0.4) is 0 Å². The van der Waals surface area contributed by atoms with Crippen molar-refractivity contribution in [2.45, 2.75) is 25.7 Å². The van der Waals surface area contributed by atoms with Crippen LogP contribution in [0.15, 0.2) is 30.5 Å². The molecule has 0 saturated heterocycles. The number of fused-ring (bicyclic) bond motifs is 1. The lowest BCUT2D eigenvalue weighted by molar-refractivity contribution is 0.0276. The quantitative estimate of drug-likeness (QED) is 0.934. The van der Waals surface area contributed by atoms with Crippen molar-refractivity contribution in [1.29, 1.82) is 0 Å². The van der Waals surface area contributed by atoms with E-state index in [1.807, 2.05) is 13.0 Å². The van der Waals surface area contributed by atoms with Crippen LogP contribution in [0.2, 0.25) is 0 Å². The highest BCUT2D eigenvalue weighted by Gasteiger charge is 2.32. The van der Waals surface area contributed by atoms with Crippen LogP contribution in [-0.4, -0.2) is 30.4 Å². The van der Waals surface area contributed by atoms with Crippen molar-refractivity contribution in [3.63, 3.8) is 0 Å². The SMILES string of the molecule is COc1ccc([C@@H]2Oc3c(OC)cc(CO)cc3O[C@H]2C)cn1. The number of hydrogen-bond acceptors (Lipinski definition) is 6. The van der Waals surface area contributed by atoms with Crippen molar-refractivity contribution in [2.24, 2.45) is 0 Å². The molecule has 0 aliphatic carbocycles. The van der Waals surface area contributed by atoms with Crippen molar-refractivity contribution in [3.05, 3.63) is 41.6 Å². The monoisotopic (exact) mass is 317 g/mol. The maximum atomic E-state index is 9.33. The van der Waals surface area contributed by atoms with Crippen molar-refractivity contribution in [1.82, 2.24) is 4.98 Å². The highest BCUT2D eigenvalue weighted by molar-refractivity contribution is 5.55. The number of pyridine rings is 1. The summed E-state index contributed by atoms with van der Waals surface area (Å²) in [7, 11) is 3.13. The minimum absolute atomic E-state index is 0.0901. The molecule has 0 fully saturated rings. The number of rotatable bonds is 4. The molecule has 2 atom stereocenters. The first-order valence-electron chi connectivity index (χ1n) is 7.31. The summed E-state index contributed by atoms with van der Waals surface area (Å²) in [4.78, 5) is 4.21. The van der Waals surface area contributed by atoms with Crippen molar-refractivity contribution in [3.8, 4) is 23.1 Å². The van der Waals surface area contributed by atoms with E-state index < -0.39 is 0 Å². The zero-order valence-corrected chi connectivity index (χ0v) is 13.3. The van der Waals surface area contributed by atoms with Gasteiger partial charge in [0, 0.05) is 17.8 Å². The second-order valence-corrected chi connectivity index (χ2v) is 5.28. The third kappa shape index (κ3) is 2.90. The van der Waals surface area contributed by atoms with E-state index in [1.165, 1.54) is 0 Å². The van der Waals surface area contributed by atoms with Gasteiger partial charge in [-0.3, -0.25) is 0 Å². The highest BCUT2D eigenvalue weighted by Crippen LogP contribution is 2.46. The van der Waals surface area contributed by atoms with Gasteiger partial charge in [-0.15, -0.1) is 0 Å². The summed E-state index contributed by atoms with van der Waals surface area (Å²) in [5, 5.41) is 9.33. The van der Waals surface area contributed by atoms with E-state index in [4.69, 9.17) is 18.9 Å².